The maximum Gasteiger partial charge on any atom is 0.223 e. The second kappa shape index (κ2) is 7.11. The fourth-order valence-corrected chi connectivity index (χ4v) is 3.48. The summed E-state index contributed by atoms with van der Waals surface area (Å²) in [6.07, 6.45) is 1.06. The zero-order valence-electron chi connectivity index (χ0n) is 14.0. The fraction of sp³-hybridized carbons (Fsp3) is 0.421. The normalized spacial score (nSPS) is 17.0. The van der Waals surface area contributed by atoms with Crippen molar-refractivity contribution in [1.29, 1.82) is 0 Å². The predicted octanol–water partition coefficient (Wildman–Crippen LogP) is 4.28. The molecule has 2 heterocycles. The molecule has 4 nitrogen and oxygen atoms in total. The molecule has 0 unspecified atom stereocenters. The SMILES string of the molecule is CC1(C)COCCN1C(=O)CCc1ccc(-c2ccccc2Br)o1. The Hall–Kier alpha value is -1.59. The average Bonchev–Trinajstić information content (AvgIpc) is 3.01. The minimum atomic E-state index is -0.238. The Morgan fingerprint density at radius 2 is 2.04 bits per heavy atom. The van der Waals surface area contributed by atoms with Crippen LogP contribution in [0, 0.1) is 0 Å². The van der Waals surface area contributed by atoms with Crippen molar-refractivity contribution in [1.82, 2.24) is 4.90 Å². The summed E-state index contributed by atoms with van der Waals surface area (Å²) in [6, 6.07) is 11.9. The second-order valence-corrected chi connectivity index (χ2v) is 7.51. The molecule has 0 radical (unpaired) electrons. The number of amides is 1. The van der Waals surface area contributed by atoms with Gasteiger partial charge in [-0.3, -0.25) is 4.79 Å². The molecule has 1 aromatic carbocycles. The number of carbonyl (C=O) groups is 1. The highest BCUT2D eigenvalue weighted by Gasteiger charge is 2.33. The molecule has 1 fully saturated rings. The average molecular weight is 392 g/mol. The van der Waals surface area contributed by atoms with Crippen LogP contribution in [0.25, 0.3) is 11.3 Å². The van der Waals surface area contributed by atoms with Crippen LogP contribution in [0.4, 0.5) is 0 Å². The molecule has 0 atom stereocenters. The molecule has 1 aromatic heterocycles. The molecule has 24 heavy (non-hydrogen) atoms. The third-order valence-corrected chi connectivity index (χ3v) is 5.02. The van der Waals surface area contributed by atoms with E-state index in [-0.39, 0.29) is 11.4 Å². The highest BCUT2D eigenvalue weighted by atomic mass is 79.9. The standard InChI is InChI=1S/C19H22BrNO3/c1-19(2)13-23-12-11-21(19)18(22)10-8-14-7-9-17(24-14)15-5-3-4-6-16(15)20/h3-7,9H,8,10-13H2,1-2H3. The van der Waals surface area contributed by atoms with Gasteiger partial charge in [-0.05, 0) is 32.0 Å². The lowest BCUT2D eigenvalue weighted by Crippen LogP contribution is -2.55. The van der Waals surface area contributed by atoms with Crippen LogP contribution in [0.15, 0.2) is 45.3 Å². The molecule has 0 bridgehead atoms. The van der Waals surface area contributed by atoms with E-state index in [4.69, 9.17) is 9.15 Å². The van der Waals surface area contributed by atoms with Gasteiger partial charge in [0.2, 0.25) is 5.91 Å². The number of morpholine rings is 1. The maximum absolute atomic E-state index is 12.5. The summed E-state index contributed by atoms with van der Waals surface area (Å²) in [7, 11) is 0. The van der Waals surface area contributed by atoms with E-state index in [9.17, 15) is 4.79 Å². The first kappa shape index (κ1) is 17.2. The number of aryl methyl sites for hydroxylation is 1. The quantitative estimate of drug-likeness (QED) is 0.780. The molecule has 1 aliphatic rings. The van der Waals surface area contributed by atoms with Crippen LogP contribution in [0.1, 0.15) is 26.0 Å². The van der Waals surface area contributed by atoms with Crippen molar-refractivity contribution >= 4 is 21.8 Å². The largest absolute Gasteiger partial charge is 0.461 e. The lowest BCUT2D eigenvalue weighted by molar-refractivity contribution is -0.146. The van der Waals surface area contributed by atoms with Crippen molar-refractivity contribution < 1.29 is 13.9 Å². The fourth-order valence-electron chi connectivity index (χ4n) is 3.00. The van der Waals surface area contributed by atoms with Crippen LogP contribution >= 0.6 is 15.9 Å². The minimum Gasteiger partial charge on any atom is -0.461 e. The first-order valence-electron chi connectivity index (χ1n) is 8.19. The number of hydrogen-bond acceptors (Lipinski definition) is 3. The summed E-state index contributed by atoms with van der Waals surface area (Å²) >= 11 is 3.54. The van der Waals surface area contributed by atoms with Crippen molar-refractivity contribution in [3.8, 4) is 11.3 Å². The van der Waals surface area contributed by atoms with Crippen LogP contribution < -0.4 is 0 Å². The van der Waals surface area contributed by atoms with Crippen molar-refractivity contribution in [3.05, 3.63) is 46.6 Å². The monoisotopic (exact) mass is 391 g/mol. The molecule has 3 rings (SSSR count). The van der Waals surface area contributed by atoms with Gasteiger partial charge < -0.3 is 14.1 Å². The van der Waals surface area contributed by atoms with Crippen molar-refractivity contribution in [2.45, 2.75) is 32.2 Å². The van der Waals surface area contributed by atoms with Gasteiger partial charge in [0.1, 0.15) is 11.5 Å². The summed E-state index contributed by atoms with van der Waals surface area (Å²) in [6.45, 7) is 5.95. The summed E-state index contributed by atoms with van der Waals surface area (Å²) in [5.74, 6) is 1.80. The highest BCUT2D eigenvalue weighted by molar-refractivity contribution is 9.10. The van der Waals surface area contributed by atoms with E-state index >= 15 is 0 Å². The van der Waals surface area contributed by atoms with Gasteiger partial charge in [0.25, 0.3) is 0 Å². The Kier molecular flexibility index (Phi) is 5.11. The zero-order chi connectivity index (χ0) is 17.2. The summed E-state index contributed by atoms with van der Waals surface area (Å²) in [4.78, 5) is 14.5. The van der Waals surface area contributed by atoms with E-state index < -0.39 is 0 Å². The Balaban J connectivity index is 1.63. The van der Waals surface area contributed by atoms with E-state index in [1.807, 2.05) is 55.1 Å². The zero-order valence-corrected chi connectivity index (χ0v) is 15.6. The van der Waals surface area contributed by atoms with Gasteiger partial charge >= 0.3 is 0 Å². The highest BCUT2D eigenvalue weighted by Crippen LogP contribution is 2.30. The maximum atomic E-state index is 12.5. The first-order chi connectivity index (χ1) is 11.5. The summed E-state index contributed by atoms with van der Waals surface area (Å²) < 4.78 is 12.4. The van der Waals surface area contributed by atoms with Crippen LogP contribution in [-0.2, 0) is 16.0 Å². The molecular formula is C19H22BrNO3. The van der Waals surface area contributed by atoms with E-state index in [1.54, 1.807) is 0 Å². The van der Waals surface area contributed by atoms with Gasteiger partial charge in [0.15, 0.2) is 0 Å². The number of halogens is 1. The predicted molar refractivity (Wildman–Crippen MR) is 96.8 cm³/mol. The van der Waals surface area contributed by atoms with Crippen LogP contribution in [0.2, 0.25) is 0 Å². The van der Waals surface area contributed by atoms with Gasteiger partial charge in [0.05, 0.1) is 18.8 Å². The van der Waals surface area contributed by atoms with Crippen molar-refractivity contribution in [3.63, 3.8) is 0 Å². The topological polar surface area (TPSA) is 42.7 Å². The molecule has 1 amide bonds. The van der Waals surface area contributed by atoms with E-state index in [0.29, 0.717) is 32.6 Å². The van der Waals surface area contributed by atoms with Gasteiger partial charge in [-0.2, -0.15) is 0 Å². The molecular weight excluding hydrogens is 370 g/mol. The van der Waals surface area contributed by atoms with Crippen LogP contribution in [0.5, 0.6) is 0 Å². The molecule has 0 N–H and O–H groups in total. The van der Waals surface area contributed by atoms with Crippen LogP contribution in [-0.4, -0.2) is 36.1 Å². The lowest BCUT2D eigenvalue weighted by atomic mass is 10.0. The number of ether oxygens (including phenoxy) is 1. The number of furan rings is 1. The number of nitrogens with zero attached hydrogens (tertiary/aromatic N) is 1. The smallest absolute Gasteiger partial charge is 0.223 e. The number of carbonyl (C=O) groups excluding carboxylic acids is 1. The first-order valence-corrected chi connectivity index (χ1v) is 8.98. The second-order valence-electron chi connectivity index (χ2n) is 6.66. The molecule has 1 saturated heterocycles. The molecule has 128 valence electrons. The van der Waals surface area contributed by atoms with Crippen molar-refractivity contribution in [2.24, 2.45) is 0 Å². The summed E-state index contributed by atoms with van der Waals surface area (Å²) in [5, 5.41) is 0. The van der Waals surface area contributed by atoms with E-state index in [0.717, 1.165) is 21.6 Å². The van der Waals surface area contributed by atoms with Gasteiger partial charge in [-0.25, -0.2) is 0 Å². The molecule has 0 aliphatic carbocycles. The Morgan fingerprint density at radius 1 is 1.25 bits per heavy atom. The third-order valence-electron chi connectivity index (χ3n) is 4.33. The molecule has 0 saturated carbocycles. The number of hydrogen-bond donors (Lipinski definition) is 0. The molecule has 5 heteroatoms. The Morgan fingerprint density at radius 3 is 2.79 bits per heavy atom. The van der Waals surface area contributed by atoms with Gasteiger partial charge in [-0.15, -0.1) is 0 Å². The molecule has 1 aliphatic heterocycles. The Bertz CT molecular complexity index is 723. The third kappa shape index (κ3) is 3.73. The van der Waals surface area contributed by atoms with Gasteiger partial charge in [0, 0.05) is 29.4 Å². The Labute approximate surface area is 150 Å². The molecule has 2 aromatic rings. The summed E-state index contributed by atoms with van der Waals surface area (Å²) in [5.41, 5.74) is 0.780. The van der Waals surface area contributed by atoms with Crippen molar-refractivity contribution in [2.75, 3.05) is 19.8 Å². The van der Waals surface area contributed by atoms with Crippen LogP contribution in [0.3, 0.4) is 0 Å². The van der Waals surface area contributed by atoms with E-state index in [2.05, 4.69) is 15.9 Å². The minimum absolute atomic E-state index is 0.155. The van der Waals surface area contributed by atoms with Gasteiger partial charge in [-0.1, -0.05) is 34.1 Å². The molecule has 0 spiro atoms. The number of benzene rings is 1. The number of rotatable bonds is 4. The van der Waals surface area contributed by atoms with E-state index in [1.165, 1.54) is 0 Å². The lowest BCUT2D eigenvalue weighted by Gasteiger charge is -2.42.